The summed E-state index contributed by atoms with van der Waals surface area (Å²) in [4.78, 5) is 25.2. The van der Waals surface area contributed by atoms with E-state index in [1.54, 1.807) is 37.4 Å². The molecular formula is C20H21NO5. The molecule has 3 aromatic rings. The third kappa shape index (κ3) is 3.28. The molecule has 0 saturated heterocycles. The second-order valence-electron chi connectivity index (χ2n) is 6.51. The molecule has 2 aromatic carbocycles. The maximum atomic E-state index is 12.8. The summed E-state index contributed by atoms with van der Waals surface area (Å²) in [6.07, 6.45) is 0. The molecule has 1 aromatic heterocycles. The highest BCUT2D eigenvalue weighted by atomic mass is 16.5. The number of aliphatic hydroxyl groups is 1. The molecule has 0 unspecified atom stereocenters. The molecule has 0 fully saturated rings. The summed E-state index contributed by atoms with van der Waals surface area (Å²) in [5.41, 5.74) is 0.965. The molecule has 2 N–H and O–H groups in total. The lowest BCUT2D eigenvalue weighted by Gasteiger charge is -2.19. The Hall–Kier alpha value is -2.86. The van der Waals surface area contributed by atoms with Crippen molar-refractivity contribution in [1.29, 1.82) is 0 Å². The molecule has 0 aliphatic heterocycles. The number of methoxy groups -OCH3 is 1. The van der Waals surface area contributed by atoms with Crippen LogP contribution in [0.15, 0.2) is 45.6 Å². The van der Waals surface area contributed by atoms with Gasteiger partial charge in [-0.05, 0) is 36.2 Å². The number of ether oxygens (including phenoxy) is 1. The van der Waals surface area contributed by atoms with E-state index in [-0.39, 0.29) is 29.9 Å². The molecule has 3 rings (SSSR count). The zero-order chi connectivity index (χ0) is 18.8. The van der Waals surface area contributed by atoms with Crippen molar-refractivity contribution in [2.24, 2.45) is 5.92 Å². The molecule has 0 spiro atoms. The minimum atomic E-state index is -0.348. The minimum absolute atomic E-state index is 0.0911. The minimum Gasteiger partial charge on any atom is -0.497 e. The summed E-state index contributed by atoms with van der Waals surface area (Å²) >= 11 is 0. The van der Waals surface area contributed by atoms with Crippen molar-refractivity contribution >= 4 is 27.8 Å². The molecule has 0 saturated carbocycles. The summed E-state index contributed by atoms with van der Waals surface area (Å²) in [5, 5.41) is 12.9. The normalized spacial score (nSPS) is 12.5. The number of hydrogen-bond donors (Lipinski definition) is 2. The van der Waals surface area contributed by atoms with E-state index in [2.05, 4.69) is 5.32 Å². The second kappa shape index (κ2) is 7.17. The zero-order valence-corrected chi connectivity index (χ0v) is 14.9. The highest BCUT2D eigenvalue weighted by Crippen LogP contribution is 2.23. The van der Waals surface area contributed by atoms with E-state index < -0.39 is 0 Å². The maximum Gasteiger partial charge on any atom is 0.251 e. The number of fused-ring (bicyclic) bond motifs is 2. The number of hydrogen-bond acceptors (Lipinski definition) is 5. The molecule has 1 atom stereocenters. The Balaban J connectivity index is 2.05. The average molecular weight is 355 g/mol. The fourth-order valence-electron chi connectivity index (χ4n) is 2.78. The van der Waals surface area contributed by atoms with Crippen LogP contribution in [-0.2, 0) is 0 Å². The van der Waals surface area contributed by atoms with Crippen molar-refractivity contribution in [3.8, 4) is 5.75 Å². The van der Waals surface area contributed by atoms with Crippen LogP contribution < -0.4 is 15.5 Å². The van der Waals surface area contributed by atoms with Gasteiger partial charge in [0.1, 0.15) is 16.9 Å². The maximum absolute atomic E-state index is 12.8. The summed E-state index contributed by atoms with van der Waals surface area (Å²) in [6.45, 7) is 3.68. The van der Waals surface area contributed by atoms with Crippen LogP contribution in [0.3, 0.4) is 0 Å². The van der Waals surface area contributed by atoms with Gasteiger partial charge in [-0.3, -0.25) is 9.59 Å². The molecule has 0 aliphatic rings. The Morgan fingerprint density at radius 3 is 2.58 bits per heavy atom. The molecule has 0 radical (unpaired) electrons. The smallest absolute Gasteiger partial charge is 0.251 e. The first kappa shape index (κ1) is 17.9. The first-order valence-electron chi connectivity index (χ1n) is 8.41. The van der Waals surface area contributed by atoms with Crippen LogP contribution in [0.2, 0.25) is 0 Å². The lowest BCUT2D eigenvalue weighted by Crippen LogP contribution is -2.41. The van der Waals surface area contributed by atoms with Crippen LogP contribution in [0, 0.1) is 5.92 Å². The molecule has 6 heteroatoms. The molecule has 136 valence electrons. The summed E-state index contributed by atoms with van der Waals surface area (Å²) < 4.78 is 10.9. The predicted octanol–water partition coefficient (Wildman–Crippen LogP) is 2.70. The molecule has 26 heavy (non-hydrogen) atoms. The molecule has 6 nitrogen and oxygen atoms in total. The van der Waals surface area contributed by atoms with Gasteiger partial charge in [0.25, 0.3) is 5.91 Å². The van der Waals surface area contributed by atoms with Gasteiger partial charge in [0.05, 0.1) is 30.5 Å². The van der Waals surface area contributed by atoms with E-state index >= 15 is 0 Å². The highest BCUT2D eigenvalue weighted by Gasteiger charge is 2.17. The average Bonchev–Trinajstić information content (AvgIpc) is 2.65. The molecule has 1 heterocycles. The van der Waals surface area contributed by atoms with E-state index in [1.165, 1.54) is 6.07 Å². The van der Waals surface area contributed by atoms with Crippen molar-refractivity contribution < 1.29 is 19.1 Å². The van der Waals surface area contributed by atoms with E-state index in [1.807, 2.05) is 13.8 Å². The summed E-state index contributed by atoms with van der Waals surface area (Å²) in [5.74, 6) is 0.349. The third-order valence-corrected chi connectivity index (χ3v) is 4.46. The van der Waals surface area contributed by atoms with Crippen molar-refractivity contribution in [1.82, 2.24) is 5.32 Å². The van der Waals surface area contributed by atoms with Gasteiger partial charge in [0.15, 0.2) is 0 Å². The van der Waals surface area contributed by atoms with Gasteiger partial charge in [-0.15, -0.1) is 0 Å². The van der Waals surface area contributed by atoms with Crippen LogP contribution in [0.1, 0.15) is 24.2 Å². The van der Waals surface area contributed by atoms with Crippen molar-refractivity contribution in [3.05, 3.63) is 52.2 Å². The van der Waals surface area contributed by atoms with E-state index in [0.29, 0.717) is 33.3 Å². The molecule has 0 aliphatic carbocycles. The molecular weight excluding hydrogens is 334 g/mol. The number of rotatable bonds is 5. The largest absolute Gasteiger partial charge is 0.497 e. The zero-order valence-electron chi connectivity index (χ0n) is 14.9. The fraction of sp³-hybridized carbons (Fsp3) is 0.300. The highest BCUT2D eigenvalue weighted by molar-refractivity contribution is 5.99. The van der Waals surface area contributed by atoms with Gasteiger partial charge in [-0.25, -0.2) is 0 Å². The van der Waals surface area contributed by atoms with E-state index in [4.69, 9.17) is 9.15 Å². The number of amides is 1. The topological polar surface area (TPSA) is 88.8 Å². The van der Waals surface area contributed by atoms with Gasteiger partial charge in [-0.2, -0.15) is 0 Å². The Kier molecular flexibility index (Phi) is 4.95. The van der Waals surface area contributed by atoms with Gasteiger partial charge >= 0.3 is 0 Å². The Bertz CT molecular complexity index is 1020. The van der Waals surface area contributed by atoms with E-state index in [0.717, 1.165) is 0 Å². The van der Waals surface area contributed by atoms with Crippen molar-refractivity contribution in [3.63, 3.8) is 0 Å². The van der Waals surface area contributed by atoms with Crippen molar-refractivity contribution in [2.75, 3.05) is 13.7 Å². The fourth-order valence-corrected chi connectivity index (χ4v) is 2.78. The summed E-state index contributed by atoms with van der Waals surface area (Å²) in [7, 11) is 1.54. The number of nitrogens with one attached hydrogen (secondary N) is 1. The number of benzene rings is 2. The second-order valence-corrected chi connectivity index (χ2v) is 6.51. The predicted molar refractivity (Wildman–Crippen MR) is 99.7 cm³/mol. The van der Waals surface area contributed by atoms with Gasteiger partial charge in [-0.1, -0.05) is 13.8 Å². The van der Waals surface area contributed by atoms with Crippen LogP contribution in [0.5, 0.6) is 5.75 Å². The third-order valence-electron chi connectivity index (χ3n) is 4.46. The Morgan fingerprint density at radius 1 is 1.15 bits per heavy atom. The van der Waals surface area contributed by atoms with E-state index in [9.17, 15) is 14.7 Å². The number of carbonyl (C=O) groups is 1. The van der Waals surface area contributed by atoms with Crippen LogP contribution in [0.4, 0.5) is 0 Å². The monoisotopic (exact) mass is 355 g/mol. The Morgan fingerprint density at radius 2 is 1.92 bits per heavy atom. The SMILES string of the molecule is COc1ccc2c(=O)c3cc(C(=O)N[C@@H](CO)C(C)C)ccc3oc2c1. The molecule has 0 bridgehead atoms. The van der Waals surface area contributed by atoms with Gasteiger partial charge in [0.2, 0.25) is 5.43 Å². The quantitative estimate of drug-likeness (QED) is 0.687. The number of aliphatic hydroxyl groups excluding tert-OH is 1. The lowest BCUT2D eigenvalue weighted by molar-refractivity contribution is 0.0897. The first-order valence-corrected chi connectivity index (χ1v) is 8.41. The standard InChI is InChI=1S/C20H21NO5/c1-11(2)16(10-22)21-20(24)12-4-7-17-15(8-12)19(23)14-6-5-13(25-3)9-18(14)26-17/h4-9,11,16,22H,10H2,1-3H3,(H,21,24)/t16-/m0/s1. The lowest BCUT2D eigenvalue weighted by atomic mass is 10.0. The van der Waals surface area contributed by atoms with Crippen LogP contribution in [0.25, 0.3) is 21.9 Å². The van der Waals surface area contributed by atoms with Crippen LogP contribution >= 0.6 is 0 Å². The molecule has 1 amide bonds. The van der Waals surface area contributed by atoms with Gasteiger partial charge < -0.3 is 19.6 Å². The van der Waals surface area contributed by atoms with Crippen LogP contribution in [-0.4, -0.2) is 30.8 Å². The summed E-state index contributed by atoms with van der Waals surface area (Å²) in [6, 6.07) is 9.37. The van der Waals surface area contributed by atoms with Gasteiger partial charge in [0, 0.05) is 11.6 Å². The van der Waals surface area contributed by atoms with Crippen molar-refractivity contribution in [2.45, 2.75) is 19.9 Å². The number of carbonyl (C=O) groups excluding carboxylic acids is 1. The first-order chi connectivity index (χ1) is 12.4. The Labute approximate surface area is 150 Å².